The highest BCUT2D eigenvalue weighted by molar-refractivity contribution is 7.45. The van der Waals surface area contributed by atoms with Crippen LogP contribution in [0.5, 0.6) is 0 Å². The number of allylic oxidation sites excluding steroid dienone is 6. The molecular weight excluding hydrogens is 930 g/mol. The predicted octanol–water partition coefficient (Wildman–Crippen LogP) is 21.2. The van der Waals surface area contributed by atoms with Crippen molar-refractivity contribution in [3.05, 3.63) is 36.5 Å². The Balaban J connectivity index is -0.000000473. The van der Waals surface area contributed by atoms with E-state index in [2.05, 4.69) is 113 Å². The predicted molar refractivity (Wildman–Crippen MR) is 336 cm³/mol. The third kappa shape index (κ3) is 82.5. The van der Waals surface area contributed by atoms with Crippen molar-refractivity contribution >= 4 is 7.82 Å². The van der Waals surface area contributed by atoms with Crippen LogP contribution in [0.15, 0.2) is 36.5 Å². The minimum absolute atomic E-state index is 1.21. The van der Waals surface area contributed by atoms with Crippen LogP contribution in [0.2, 0.25) is 0 Å². The van der Waals surface area contributed by atoms with Gasteiger partial charge in [-0.3, -0.25) is 0 Å². The van der Waals surface area contributed by atoms with Crippen LogP contribution in [-0.2, 0) is 4.57 Å². The summed E-state index contributed by atoms with van der Waals surface area (Å²) in [6.07, 6.45) is 73.3. The van der Waals surface area contributed by atoms with Gasteiger partial charge < -0.3 is 29.4 Å². The first-order chi connectivity index (χ1) is 36.0. The average molecular weight is 1070 g/mol. The van der Waals surface area contributed by atoms with E-state index in [-0.39, 0.29) is 0 Å². The topological polar surface area (TPSA) is 87.5 Å². The highest BCUT2D eigenvalue weighted by atomic mass is 31.2. The standard InChI is InChI=1S/3C22H45N.H3O4P/c3*1-4-7-8-9-10-11-12-13-14-15-16-17-18-19-20-21-22-23(5-2)6-3;1-5(2,3)4/h3*13-14H,4-12,15-22H2,1-3H3;(H3,1,2,3,4). The minimum Gasteiger partial charge on any atom is -0.304 e. The second-order valence-corrected chi connectivity index (χ2v) is 22.4. The summed E-state index contributed by atoms with van der Waals surface area (Å²) in [7, 11) is -4.64. The van der Waals surface area contributed by atoms with Gasteiger partial charge in [0, 0.05) is 0 Å². The second kappa shape index (κ2) is 72.2. The molecule has 0 fully saturated rings. The molecule has 0 aliphatic rings. The maximum Gasteiger partial charge on any atom is 0.466 e. The zero-order chi connectivity index (χ0) is 55.5. The normalized spacial score (nSPS) is 11.8. The van der Waals surface area contributed by atoms with Gasteiger partial charge in [0.2, 0.25) is 0 Å². The van der Waals surface area contributed by atoms with E-state index in [0.717, 1.165) is 0 Å². The molecule has 0 spiro atoms. The lowest BCUT2D eigenvalue weighted by Gasteiger charge is -2.17. The molecule has 0 amide bonds. The summed E-state index contributed by atoms with van der Waals surface area (Å²) >= 11 is 0. The number of nitrogens with zero attached hydrogens (tertiary/aromatic N) is 3. The van der Waals surface area contributed by atoms with Gasteiger partial charge in [-0.05, 0) is 155 Å². The van der Waals surface area contributed by atoms with Gasteiger partial charge in [-0.15, -0.1) is 0 Å². The molecule has 446 valence electrons. The Hall–Kier alpha value is -0.790. The number of unbranched alkanes of at least 4 members (excludes halogenated alkanes) is 36. The van der Waals surface area contributed by atoms with Crippen molar-refractivity contribution in [3.63, 3.8) is 0 Å². The zero-order valence-corrected chi connectivity index (χ0v) is 53.0. The molecule has 0 aromatic rings. The first-order valence-corrected chi connectivity index (χ1v) is 34.5. The molecule has 0 aromatic heterocycles. The van der Waals surface area contributed by atoms with E-state index in [1.165, 1.54) is 329 Å². The number of hydrogen-bond acceptors (Lipinski definition) is 4. The fraction of sp³-hybridized carbons (Fsp3) is 0.909. The summed E-state index contributed by atoms with van der Waals surface area (Å²) in [6.45, 7) is 31.6. The van der Waals surface area contributed by atoms with Crippen molar-refractivity contribution < 1.29 is 19.2 Å². The van der Waals surface area contributed by atoms with Crippen molar-refractivity contribution in [2.75, 3.05) is 58.9 Å². The Kier molecular flexibility index (Phi) is 77.8. The third-order valence-corrected chi connectivity index (χ3v) is 14.6. The van der Waals surface area contributed by atoms with E-state index < -0.39 is 7.82 Å². The van der Waals surface area contributed by atoms with Crippen LogP contribution in [0.4, 0.5) is 0 Å². The molecule has 0 radical (unpaired) electrons. The largest absolute Gasteiger partial charge is 0.466 e. The van der Waals surface area contributed by atoms with Crippen LogP contribution in [0.1, 0.15) is 332 Å². The lowest BCUT2D eigenvalue weighted by atomic mass is 10.1. The molecule has 3 N–H and O–H groups in total. The van der Waals surface area contributed by atoms with Gasteiger partial charge in [-0.25, -0.2) is 4.57 Å². The molecule has 0 heterocycles. The van der Waals surface area contributed by atoms with Gasteiger partial charge in [0.25, 0.3) is 0 Å². The van der Waals surface area contributed by atoms with Gasteiger partial charge in [-0.1, -0.05) is 272 Å². The smallest absolute Gasteiger partial charge is 0.304 e. The number of hydrogen-bond donors (Lipinski definition) is 3. The number of rotatable bonds is 54. The summed E-state index contributed by atoms with van der Waals surface area (Å²) in [5, 5.41) is 0. The molecule has 0 atom stereocenters. The molecule has 0 bridgehead atoms. The van der Waals surface area contributed by atoms with Crippen molar-refractivity contribution in [1.29, 1.82) is 0 Å². The minimum atomic E-state index is -4.64. The van der Waals surface area contributed by atoms with Crippen LogP contribution in [0, 0.1) is 0 Å². The molecule has 0 aliphatic carbocycles. The molecule has 7 nitrogen and oxygen atoms in total. The SMILES string of the molecule is CCCCCCCCC=CCCCCCCCCN(CC)CC.CCCCCCCCC=CCCCCCCCCN(CC)CC.CCCCCCCCC=CCCCCCCCCN(CC)CC.O=P(O)(O)O. The Morgan fingerprint density at radius 3 is 0.527 bits per heavy atom. The Morgan fingerprint density at radius 2 is 0.378 bits per heavy atom. The molecule has 0 unspecified atom stereocenters. The van der Waals surface area contributed by atoms with Crippen molar-refractivity contribution in [2.24, 2.45) is 0 Å². The highest BCUT2D eigenvalue weighted by Crippen LogP contribution is 2.26. The van der Waals surface area contributed by atoms with E-state index in [0.29, 0.717) is 0 Å². The van der Waals surface area contributed by atoms with Crippen LogP contribution in [-0.4, -0.2) is 88.3 Å². The lowest BCUT2D eigenvalue weighted by molar-refractivity contribution is 0.275. The fourth-order valence-corrected chi connectivity index (χ4v) is 9.37. The molecule has 0 aliphatic heterocycles. The first kappa shape index (κ1) is 79.7. The molecule has 0 rings (SSSR count). The maximum absolute atomic E-state index is 8.88. The van der Waals surface area contributed by atoms with Crippen LogP contribution in [0.3, 0.4) is 0 Å². The summed E-state index contributed by atoms with van der Waals surface area (Å²) in [5.41, 5.74) is 0. The van der Waals surface area contributed by atoms with Crippen molar-refractivity contribution in [1.82, 2.24) is 14.7 Å². The fourth-order valence-electron chi connectivity index (χ4n) is 9.37. The van der Waals surface area contributed by atoms with Gasteiger partial charge in [0.1, 0.15) is 0 Å². The summed E-state index contributed by atoms with van der Waals surface area (Å²) < 4.78 is 8.88. The van der Waals surface area contributed by atoms with Gasteiger partial charge >= 0.3 is 7.82 Å². The molecule has 0 saturated carbocycles. The summed E-state index contributed by atoms with van der Waals surface area (Å²) in [4.78, 5) is 29.2. The monoisotopic (exact) mass is 1070 g/mol. The maximum atomic E-state index is 8.88. The van der Waals surface area contributed by atoms with Gasteiger partial charge in [0.05, 0.1) is 0 Å². The summed E-state index contributed by atoms with van der Waals surface area (Å²) in [5.74, 6) is 0. The van der Waals surface area contributed by atoms with E-state index in [9.17, 15) is 0 Å². The Labute approximate surface area is 467 Å². The average Bonchev–Trinajstić information content (AvgIpc) is 3.39. The Morgan fingerprint density at radius 1 is 0.243 bits per heavy atom. The van der Waals surface area contributed by atoms with E-state index in [1.807, 2.05) is 0 Å². The Bertz CT molecular complexity index is 974. The van der Waals surface area contributed by atoms with Crippen molar-refractivity contribution in [3.8, 4) is 0 Å². The van der Waals surface area contributed by atoms with E-state index in [4.69, 9.17) is 19.2 Å². The second-order valence-electron chi connectivity index (χ2n) is 21.4. The zero-order valence-electron chi connectivity index (χ0n) is 52.1. The van der Waals surface area contributed by atoms with E-state index in [1.54, 1.807) is 0 Å². The van der Waals surface area contributed by atoms with Crippen molar-refractivity contribution in [2.45, 2.75) is 332 Å². The van der Waals surface area contributed by atoms with E-state index >= 15 is 0 Å². The van der Waals surface area contributed by atoms with Gasteiger partial charge in [-0.2, -0.15) is 0 Å². The molecule has 74 heavy (non-hydrogen) atoms. The lowest BCUT2D eigenvalue weighted by Crippen LogP contribution is -2.23. The van der Waals surface area contributed by atoms with Crippen LogP contribution < -0.4 is 0 Å². The third-order valence-electron chi connectivity index (χ3n) is 14.6. The molecule has 0 aromatic carbocycles. The quantitative estimate of drug-likeness (QED) is 0.0318. The molecular formula is C66H138N3O4P. The van der Waals surface area contributed by atoms with Gasteiger partial charge in [0.15, 0.2) is 0 Å². The van der Waals surface area contributed by atoms with Crippen LogP contribution >= 0.6 is 7.82 Å². The molecule has 8 heteroatoms. The van der Waals surface area contributed by atoms with Crippen LogP contribution in [0.25, 0.3) is 0 Å². The molecule has 0 saturated heterocycles. The number of phosphoric acid groups is 1. The summed E-state index contributed by atoms with van der Waals surface area (Å²) in [6, 6.07) is 0. The highest BCUT2D eigenvalue weighted by Gasteiger charge is 2.02. The first-order valence-electron chi connectivity index (χ1n) is 32.9.